The minimum Gasteiger partial charge on any atom is -0.362 e. The number of alkyl halides is 3. The molecular formula is C17H16F3N5O4. The molecule has 154 valence electrons. The number of hydrogen-bond donors (Lipinski definition) is 1. The first kappa shape index (κ1) is 20.5. The smallest absolute Gasteiger partial charge is 0.362 e. The second-order valence-corrected chi connectivity index (χ2v) is 6.70. The lowest BCUT2D eigenvalue weighted by atomic mass is 10.1. The zero-order valence-electron chi connectivity index (χ0n) is 15.3. The molecule has 0 aliphatic carbocycles. The highest BCUT2D eigenvalue weighted by Gasteiger charge is 2.62. The number of aryl methyl sites for hydroxylation is 1. The highest BCUT2D eigenvalue weighted by atomic mass is 19.4. The Morgan fingerprint density at radius 3 is 2.45 bits per heavy atom. The molecule has 1 amide bonds. The van der Waals surface area contributed by atoms with E-state index < -0.39 is 29.2 Å². The number of halogens is 3. The number of amides is 1. The van der Waals surface area contributed by atoms with Crippen LogP contribution in [-0.2, 0) is 6.54 Å². The van der Waals surface area contributed by atoms with E-state index in [1.807, 2.05) is 0 Å². The van der Waals surface area contributed by atoms with Crippen molar-refractivity contribution in [2.45, 2.75) is 38.7 Å². The molecule has 0 unspecified atom stereocenters. The van der Waals surface area contributed by atoms with Crippen LogP contribution in [0.5, 0.6) is 0 Å². The lowest BCUT2D eigenvalue weighted by molar-refractivity contribution is -0.389. The zero-order chi connectivity index (χ0) is 21.6. The predicted molar refractivity (Wildman–Crippen MR) is 94.1 cm³/mol. The van der Waals surface area contributed by atoms with E-state index in [0.29, 0.717) is 11.3 Å². The molecule has 1 N–H and O–H groups in total. The Hall–Kier alpha value is -3.28. The van der Waals surface area contributed by atoms with Gasteiger partial charge in [0.1, 0.15) is 0 Å². The van der Waals surface area contributed by atoms with Crippen LogP contribution < -0.4 is 0 Å². The molecule has 1 aromatic carbocycles. The van der Waals surface area contributed by atoms with Gasteiger partial charge in [-0.3, -0.25) is 4.79 Å². The normalized spacial score (nSPS) is 19.4. The third kappa shape index (κ3) is 3.70. The van der Waals surface area contributed by atoms with Crippen molar-refractivity contribution in [3.63, 3.8) is 0 Å². The van der Waals surface area contributed by atoms with Crippen LogP contribution in [0.25, 0.3) is 0 Å². The lowest BCUT2D eigenvalue weighted by Crippen LogP contribution is -2.56. The lowest BCUT2D eigenvalue weighted by Gasteiger charge is -2.32. The van der Waals surface area contributed by atoms with Crippen molar-refractivity contribution in [2.75, 3.05) is 0 Å². The van der Waals surface area contributed by atoms with Crippen molar-refractivity contribution < 1.29 is 28.0 Å². The fraction of sp³-hybridized carbons (Fsp3) is 0.353. The molecule has 0 saturated heterocycles. The van der Waals surface area contributed by atoms with Gasteiger partial charge in [0.2, 0.25) is 0 Å². The summed E-state index contributed by atoms with van der Waals surface area (Å²) in [5, 5.41) is 28.3. The Bertz CT molecular complexity index is 999. The van der Waals surface area contributed by atoms with Crippen LogP contribution >= 0.6 is 0 Å². The summed E-state index contributed by atoms with van der Waals surface area (Å²) in [5.41, 5.74) is -2.34. The number of carbonyl (C=O) groups excluding carboxylic acids is 1. The van der Waals surface area contributed by atoms with Crippen LogP contribution in [-0.4, -0.2) is 48.3 Å². The average molecular weight is 411 g/mol. The Morgan fingerprint density at radius 2 is 1.93 bits per heavy atom. The molecule has 1 aliphatic rings. The van der Waals surface area contributed by atoms with Crippen molar-refractivity contribution in [3.8, 4) is 0 Å². The topological polar surface area (TPSA) is 114 Å². The van der Waals surface area contributed by atoms with E-state index in [2.05, 4.69) is 10.2 Å². The minimum atomic E-state index is -5.07. The van der Waals surface area contributed by atoms with Crippen LogP contribution in [0.2, 0.25) is 0 Å². The maximum Gasteiger partial charge on any atom is 0.438 e. The quantitative estimate of drug-likeness (QED) is 0.614. The van der Waals surface area contributed by atoms with E-state index in [0.717, 1.165) is 0 Å². The monoisotopic (exact) mass is 411 g/mol. The number of rotatable bonds is 4. The van der Waals surface area contributed by atoms with Crippen molar-refractivity contribution in [1.29, 1.82) is 0 Å². The van der Waals surface area contributed by atoms with E-state index in [-0.39, 0.29) is 28.6 Å². The molecular weight excluding hydrogens is 395 g/mol. The molecule has 1 atom stereocenters. The fourth-order valence-corrected chi connectivity index (χ4v) is 2.94. The zero-order valence-corrected chi connectivity index (χ0v) is 15.3. The summed E-state index contributed by atoms with van der Waals surface area (Å²) in [6.45, 7) is 3.10. The van der Waals surface area contributed by atoms with Crippen molar-refractivity contribution in [3.05, 3.63) is 57.3 Å². The summed E-state index contributed by atoms with van der Waals surface area (Å²) in [4.78, 5) is 22.7. The van der Waals surface area contributed by atoms with Gasteiger partial charge in [0.25, 0.3) is 11.6 Å². The SMILES string of the molecule is CC1=NN(C(=O)c2ccc(Cn3nc([N+](=O)[O-])cc3C)cc2)[C@@](O)(C(F)(F)F)C1. The number of hydrazone groups is 1. The summed E-state index contributed by atoms with van der Waals surface area (Å²) in [7, 11) is 0. The van der Waals surface area contributed by atoms with Crippen molar-refractivity contribution in [1.82, 2.24) is 14.8 Å². The molecule has 2 aromatic rings. The Balaban J connectivity index is 1.81. The number of nitro groups is 1. The molecule has 12 heteroatoms. The Kier molecular flexibility index (Phi) is 4.91. The van der Waals surface area contributed by atoms with Crippen LogP contribution in [0.3, 0.4) is 0 Å². The first-order valence-electron chi connectivity index (χ1n) is 8.38. The van der Waals surface area contributed by atoms with Gasteiger partial charge in [0.15, 0.2) is 0 Å². The van der Waals surface area contributed by atoms with Gasteiger partial charge >= 0.3 is 12.0 Å². The Morgan fingerprint density at radius 1 is 1.31 bits per heavy atom. The van der Waals surface area contributed by atoms with Crippen LogP contribution in [0.4, 0.5) is 19.0 Å². The number of nitrogens with zero attached hydrogens (tertiary/aromatic N) is 5. The summed E-state index contributed by atoms with van der Waals surface area (Å²) >= 11 is 0. The van der Waals surface area contributed by atoms with Crippen molar-refractivity contribution in [2.24, 2.45) is 5.10 Å². The van der Waals surface area contributed by atoms with E-state index in [9.17, 15) is 33.2 Å². The summed E-state index contributed by atoms with van der Waals surface area (Å²) in [6, 6.07) is 6.87. The predicted octanol–water partition coefficient (Wildman–Crippen LogP) is 2.62. The second kappa shape index (κ2) is 6.95. The van der Waals surface area contributed by atoms with E-state index in [1.165, 1.54) is 41.9 Å². The summed E-state index contributed by atoms with van der Waals surface area (Å²) in [5.74, 6) is -1.40. The largest absolute Gasteiger partial charge is 0.438 e. The molecule has 9 nitrogen and oxygen atoms in total. The van der Waals surface area contributed by atoms with Crippen LogP contribution in [0.15, 0.2) is 35.4 Å². The first-order valence-corrected chi connectivity index (χ1v) is 8.38. The first-order chi connectivity index (χ1) is 13.4. The van der Waals surface area contributed by atoms with Crippen molar-refractivity contribution >= 4 is 17.4 Å². The molecule has 2 heterocycles. The maximum atomic E-state index is 13.3. The molecule has 0 saturated carbocycles. The molecule has 1 aliphatic heterocycles. The number of aliphatic hydroxyl groups is 1. The molecule has 3 rings (SSSR count). The minimum absolute atomic E-state index is 0.0226. The standard InChI is InChI=1S/C17H16F3N5O4/c1-10-8-16(27,17(18,19)20)24(21-10)15(26)13-5-3-12(4-6-13)9-23-11(2)7-14(22-23)25(28)29/h3-7,27H,8-9H2,1-2H3/t16-/m0/s1. The van der Waals surface area contributed by atoms with Crippen LogP contribution in [0.1, 0.15) is 35.0 Å². The molecule has 0 spiro atoms. The average Bonchev–Trinajstić information content (AvgIpc) is 3.15. The van der Waals surface area contributed by atoms with Gasteiger partial charge in [-0.2, -0.15) is 28.0 Å². The number of carbonyl (C=O) groups is 1. The molecule has 0 fully saturated rings. The molecule has 29 heavy (non-hydrogen) atoms. The highest BCUT2D eigenvalue weighted by molar-refractivity contribution is 5.97. The van der Waals surface area contributed by atoms with Gasteiger partial charge in [-0.05, 0) is 36.5 Å². The third-order valence-electron chi connectivity index (χ3n) is 4.46. The summed E-state index contributed by atoms with van der Waals surface area (Å²) in [6.07, 6.45) is -5.89. The van der Waals surface area contributed by atoms with Gasteiger partial charge in [0, 0.05) is 17.7 Å². The number of aromatic nitrogens is 2. The molecule has 1 aromatic heterocycles. The third-order valence-corrected chi connectivity index (χ3v) is 4.46. The van der Waals surface area contributed by atoms with E-state index in [1.54, 1.807) is 6.92 Å². The van der Waals surface area contributed by atoms with Gasteiger partial charge in [0.05, 0.1) is 23.4 Å². The number of benzene rings is 1. The highest BCUT2D eigenvalue weighted by Crippen LogP contribution is 2.40. The van der Waals surface area contributed by atoms with Gasteiger partial charge < -0.3 is 15.2 Å². The van der Waals surface area contributed by atoms with Gasteiger partial charge in [-0.15, -0.1) is 0 Å². The Labute approximate surface area is 162 Å². The second-order valence-electron chi connectivity index (χ2n) is 6.70. The molecule has 0 radical (unpaired) electrons. The number of hydrogen-bond acceptors (Lipinski definition) is 6. The van der Waals surface area contributed by atoms with Gasteiger partial charge in [-0.1, -0.05) is 12.1 Å². The van der Waals surface area contributed by atoms with E-state index in [4.69, 9.17) is 0 Å². The summed E-state index contributed by atoms with van der Waals surface area (Å²) < 4.78 is 41.2. The maximum absolute atomic E-state index is 13.3. The fourth-order valence-electron chi connectivity index (χ4n) is 2.94. The molecule has 0 bridgehead atoms. The van der Waals surface area contributed by atoms with Gasteiger partial charge in [-0.25, -0.2) is 0 Å². The van der Waals surface area contributed by atoms with E-state index >= 15 is 0 Å². The van der Waals surface area contributed by atoms with Crippen LogP contribution in [0, 0.1) is 17.0 Å².